The molecule has 0 amide bonds. The second kappa shape index (κ2) is 5.61. The summed E-state index contributed by atoms with van der Waals surface area (Å²) < 4.78 is 17.2. The van der Waals surface area contributed by atoms with Gasteiger partial charge in [0.2, 0.25) is 5.95 Å². The van der Waals surface area contributed by atoms with Gasteiger partial charge in [-0.05, 0) is 63.1 Å². The number of anilines is 1. The van der Waals surface area contributed by atoms with Gasteiger partial charge >= 0.3 is 0 Å². The molecule has 0 unspecified atom stereocenters. The third-order valence-electron chi connectivity index (χ3n) is 3.03. The minimum atomic E-state index is -0.238. The zero-order chi connectivity index (χ0) is 14.3. The summed E-state index contributed by atoms with van der Waals surface area (Å²) in [5.74, 6) is 0.190. The smallest absolute Gasteiger partial charge is 0.201 e. The fourth-order valence-corrected chi connectivity index (χ4v) is 4.00. The molecule has 2 N–H and O–H groups in total. The molecule has 0 bridgehead atoms. The van der Waals surface area contributed by atoms with Gasteiger partial charge < -0.3 is 10.3 Å². The Kier molecular flexibility index (Phi) is 4.00. The fourth-order valence-electron chi connectivity index (χ4n) is 2.08. The number of fused-ring (bicyclic) bond motifs is 1. The van der Waals surface area contributed by atoms with E-state index in [2.05, 4.69) is 27.0 Å². The third-order valence-corrected chi connectivity index (χ3v) is 5.54. The van der Waals surface area contributed by atoms with Crippen LogP contribution in [0, 0.1) is 9.39 Å². The Hall–Kier alpha value is -0.670. The van der Waals surface area contributed by atoms with Gasteiger partial charge in [-0.1, -0.05) is 0 Å². The maximum absolute atomic E-state index is 13.7. The number of nitrogens with two attached hydrogens (primary N) is 1. The normalized spacial score (nSPS) is 11.3. The monoisotopic (exact) mass is 465 g/mol. The number of halogens is 3. The van der Waals surface area contributed by atoms with E-state index in [1.165, 1.54) is 10.9 Å². The van der Waals surface area contributed by atoms with E-state index in [4.69, 9.17) is 5.73 Å². The van der Waals surface area contributed by atoms with E-state index in [9.17, 15) is 4.39 Å². The summed E-state index contributed by atoms with van der Waals surface area (Å²) >= 11 is 7.10. The number of aryl methyl sites for hydroxylation is 2. The molecule has 2 heterocycles. The van der Waals surface area contributed by atoms with Crippen LogP contribution in [0.2, 0.25) is 0 Å². The second-order valence-corrected chi connectivity index (χ2v) is 8.04. The Morgan fingerprint density at radius 1 is 1.40 bits per heavy atom. The lowest BCUT2D eigenvalue weighted by molar-refractivity contribution is 0.620. The topological polar surface area (TPSA) is 43.8 Å². The minimum absolute atomic E-state index is 0.238. The lowest BCUT2D eigenvalue weighted by Gasteiger charge is -2.05. The molecule has 3 nitrogen and oxygen atoms in total. The highest BCUT2D eigenvalue weighted by atomic mass is 127. The predicted molar refractivity (Wildman–Crippen MR) is 92.5 cm³/mol. The van der Waals surface area contributed by atoms with E-state index in [0.717, 1.165) is 21.2 Å². The maximum atomic E-state index is 13.7. The summed E-state index contributed by atoms with van der Waals surface area (Å²) in [7, 11) is 0. The van der Waals surface area contributed by atoms with Crippen LogP contribution in [-0.4, -0.2) is 9.55 Å². The molecule has 0 aliphatic rings. The molecule has 7 heteroatoms. The molecule has 3 rings (SSSR count). The summed E-state index contributed by atoms with van der Waals surface area (Å²) in [6.07, 6.45) is 0.847. The van der Waals surface area contributed by atoms with Crippen LogP contribution in [0.15, 0.2) is 28.1 Å². The van der Waals surface area contributed by atoms with Crippen molar-refractivity contribution < 1.29 is 4.39 Å². The first-order valence-corrected chi connectivity index (χ1v) is 8.58. The second-order valence-electron chi connectivity index (χ2n) is 4.33. The van der Waals surface area contributed by atoms with Gasteiger partial charge in [0.1, 0.15) is 5.82 Å². The van der Waals surface area contributed by atoms with Crippen LogP contribution in [0.5, 0.6) is 0 Å². The molecule has 1 aromatic carbocycles. The number of hydrogen-bond acceptors (Lipinski definition) is 3. The number of imidazole rings is 1. The van der Waals surface area contributed by atoms with Gasteiger partial charge in [-0.3, -0.25) is 0 Å². The van der Waals surface area contributed by atoms with Crippen molar-refractivity contribution in [1.82, 2.24) is 9.55 Å². The third kappa shape index (κ3) is 2.71. The van der Waals surface area contributed by atoms with Crippen LogP contribution in [0.3, 0.4) is 0 Å². The minimum Gasteiger partial charge on any atom is -0.369 e. The summed E-state index contributed by atoms with van der Waals surface area (Å²) in [5.41, 5.74) is 7.43. The van der Waals surface area contributed by atoms with Gasteiger partial charge in [-0.25, -0.2) is 9.37 Å². The van der Waals surface area contributed by atoms with Gasteiger partial charge in [-0.15, -0.1) is 11.3 Å². The van der Waals surface area contributed by atoms with Crippen molar-refractivity contribution >= 4 is 66.8 Å². The summed E-state index contributed by atoms with van der Waals surface area (Å²) in [4.78, 5) is 5.55. The van der Waals surface area contributed by atoms with Crippen LogP contribution in [0.25, 0.3) is 11.0 Å². The highest BCUT2D eigenvalue weighted by Gasteiger charge is 2.12. The van der Waals surface area contributed by atoms with E-state index in [1.807, 2.05) is 33.2 Å². The molecule has 3 aromatic rings. The number of benzene rings is 1. The molecule has 20 heavy (non-hydrogen) atoms. The van der Waals surface area contributed by atoms with Crippen molar-refractivity contribution in [3.63, 3.8) is 0 Å². The van der Waals surface area contributed by atoms with Crippen LogP contribution in [0.4, 0.5) is 10.3 Å². The largest absolute Gasteiger partial charge is 0.369 e. The Bertz CT molecular complexity index is 783. The van der Waals surface area contributed by atoms with Crippen molar-refractivity contribution in [2.24, 2.45) is 0 Å². The SMILES string of the molecule is Nc1nc2cc(I)c(F)cc2n1CCc1ccc(Br)s1. The molecular weight excluding hydrogens is 456 g/mol. The fraction of sp³-hybridized carbons (Fsp3) is 0.154. The molecule has 0 saturated carbocycles. The number of aromatic nitrogens is 2. The van der Waals surface area contributed by atoms with E-state index in [0.29, 0.717) is 16.1 Å². The number of rotatable bonds is 3. The number of hydrogen-bond donors (Lipinski definition) is 1. The average Bonchev–Trinajstić information content (AvgIpc) is 2.92. The van der Waals surface area contributed by atoms with E-state index in [-0.39, 0.29) is 5.82 Å². The highest BCUT2D eigenvalue weighted by molar-refractivity contribution is 14.1. The average molecular weight is 466 g/mol. The van der Waals surface area contributed by atoms with Gasteiger partial charge in [-0.2, -0.15) is 0 Å². The zero-order valence-electron chi connectivity index (χ0n) is 10.2. The lowest BCUT2D eigenvalue weighted by Crippen LogP contribution is -2.05. The van der Waals surface area contributed by atoms with Gasteiger partial charge in [0.25, 0.3) is 0 Å². The molecule has 0 fully saturated rings. The standard InChI is InChI=1S/C13H10BrFIN3S/c14-12-2-1-7(20-12)3-4-19-11-5-8(15)9(16)6-10(11)18-13(19)17/h1-2,5-6H,3-4H2,(H2,17,18). The van der Waals surface area contributed by atoms with Crippen LogP contribution in [0.1, 0.15) is 4.88 Å². The van der Waals surface area contributed by atoms with Crippen molar-refractivity contribution in [3.8, 4) is 0 Å². The van der Waals surface area contributed by atoms with Gasteiger partial charge in [0, 0.05) is 17.5 Å². The first-order valence-electron chi connectivity index (χ1n) is 5.89. The highest BCUT2D eigenvalue weighted by Crippen LogP contribution is 2.25. The van der Waals surface area contributed by atoms with E-state index >= 15 is 0 Å². The predicted octanol–water partition coefficient (Wildman–Crippen LogP) is 4.43. The van der Waals surface area contributed by atoms with E-state index < -0.39 is 0 Å². The number of nitrogens with zero attached hydrogens (tertiary/aromatic N) is 2. The number of thiophene rings is 1. The maximum Gasteiger partial charge on any atom is 0.201 e. The van der Waals surface area contributed by atoms with Crippen LogP contribution in [-0.2, 0) is 13.0 Å². The molecule has 0 atom stereocenters. The quantitative estimate of drug-likeness (QED) is 0.581. The van der Waals surface area contributed by atoms with Crippen LogP contribution < -0.4 is 5.73 Å². The molecule has 0 spiro atoms. The Balaban J connectivity index is 1.94. The summed E-state index contributed by atoms with van der Waals surface area (Å²) in [6.45, 7) is 0.690. The molecule has 2 aromatic heterocycles. The summed E-state index contributed by atoms with van der Waals surface area (Å²) in [5, 5.41) is 0. The molecule has 0 aliphatic heterocycles. The van der Waals surface area contributed by atoms with Crippen molar-refractivity contribution in [2.45, 2.75) is 13.0 Å². The Morgan fingerprint density at radius 2 is 2.20 bits per heavy atom. The van der Waals surface area contributed by atoms with E-state index in [1.54, 1.807) is 17.4 Å². The first-order chi connectivity index (χ1) is 9.54. The summed E-state index contributed by atoms with van der Waals surface area (Å²) in [6, 6.07) is 7.33. The molecule has 0 saturated heterocycles. The van der Waals surface area contributed by atoms with Crippen molar-refractivity contribution in [1.29, 1.82) is 0 Å². The lowest BCUT2D eigenvalue weighted by atomic mass is 10.3. The van der Waals surface area contributed by atoms with Gasteiger partial charge in [0.15, 0.2) is 0 Å². The Labute approximate surface area is 141 Å². The van der Waals surface area contributed by atoms with Crippen molar-refractivity contribution in [2.75, 3.05) is 5.73 Å². The molecule has 104 valence electrons. The first kappa shape index (κ1) is 14.3. The number of nitrogen functional groups attached to an aromatic ring is 1. The van der Waals surface area contributed by atoms with Crippen molar-refractivity contribution in [3.05, 3.63) is 42.3 Å². The molecular formula is C13H10BrFIN3S. The Morgan fingerprint density at radius 3 is 2.90 bits per heavy atom. The molecule has 0 radical (unpaired) electrons. The van der Waals surface area contributed by atoms with Crippen LogP contribution >= 0.6 is 49.9 Å². The van der Waals surface area contributed by atoms with Gasteiger partial charge in [0.05, 0.1) is 18.4 Å². The molecule has 0 aliphatic carbocycles. The zero-order valence-corrected chi connectivity index (χ0v) is 14.8.